The molecule has 0 bridgehead atoms. The maximum atomic E-state index is 12.2. The number of benzene rings is 1. The van der Waals surface area contributed by atoms with Gasteiger partial charge in [0.25, 0.3) is 0 Å². The zero-order valence-corrected chi connectivity index (χ0v) is 16.7. The number of aliphatic hydroxyl groups is 1. The van der Waals surface area contributed by atoms with E-state index in [0.29, 0.717) is 18.9 Å². The molecule has 1 aromatic carbocycles. The zero-order valence-electron chi connectivity index (χ0n) is 16.7. The van der Waals surface area contributed by atoms with Gasteiger partial charge in [-0.25, -0.2) is 4.79 Å². The van der Waals surface area contributed by atoms with Gasteiger partial charge in [-0.3, -0.25) is 0 Å². The van der Waals surface area contributed by atoms with Crippen LogP contribution in [0.1, 0.15) is 53.0 Å². The molecule has 0 heterocycles. The summed E-state index contributed by atoms with van der Waals surface area (Å²) in [4.78, 5) is 12.2. The molecule has 1 aliphatic rings. The summed E-state index contributed by atoms with van der Waals surface area (Å²) in [6.07, 6.45) is 1.64. The van der Waals surface area contributed by atoms with Crippen molar-refractivity contribution in [2.45, 2.75) is 77.2 Å². The van der Waals surface area contributed by atoms with Crippen LogP contribution in [0.15, 0.2) is 30.3 Å². The van der Waals surface area contributed by atoms with E-state index in [0.717, 1.165) is 18.4 Å². The highest BCUT2D eigenvalue weighted by Gasteiger charge is 2.45. The van der Waals surface area contributed by atoms with Crippen molar-refractivity contribution >= 4 is 6.09 Å². The van der Waals surface area contributed by atoms with Crippen molar-refractivity contribution in [3.8, 4) is 0 Å². The van der Waals surface area contributed by atoms with Gasteiger partial charge in [0.15, 0.2) is 0 Å². The smallest absolute Gasteiger partial charge is 0.407 e. The number of amides is 1. The molecule has 1 aromatic rings. The molecule has 0 aromatic heterocycles. The van der Waals surface area contributed by atoms with E-state index in [-0.39, 0.29) is 5.54 Å². The third kappa shape index (κ3) is 6.29. The van der Waals surface area contributed by atoms with Crippen LogP contribution in [-0.4, -0.2) is 41.0 Å². The van der Waals surface area contributed by atoms with Crippen LogP contribution in [0.5, 0.6) is 0 Å². The molecule has 0 radical (unpaired) electrons. The number of hydrogen-bond donors (Lipinski definition) is 3. The Balaban J connectivity index is 2.00. The number of ether oxygens (including phenoxy) is 1. The number of alkyl carbamates (subject to hydrolysis) is 1. The number of carbonyl (C=O) groups is 1. The molecule has 2 atom stereocenters. The van der Waals surface area contributed by atoms with Gasteiger partial charge in [0.2, 0.25) is 0 Å². The van der Waals surface area contributed by atoms with E-state index in [1.807, 2.05) is 51.1 Å². The third-order valence-electron chi connectivity index (χ3n) is 5.02. The molecular weight excluding hydrogens is 328 g/mol. The number of hydrogen-bond acceptors (Lipinski definition) is 4. The highest BCUT2D eigenvalue weighted by atomic mass is 16.6. The largest absolute Gasteiger partial charge is 0.444 e. The van der Waals surface area contributed by atoms with Gasteiger partial charge in [0, 0.05) is 12.1 Å². The molecule has 0 saturated heterocycles. The molecule has 5 nitrogen and oxygen atoms in total. The van der Waals surface area contributed by atoms with Gasteiger partial charge in [-0.2, -0.15) is 0 Å². The first kappa shape index (κ1) is 20.7. The van der Waals surface area contributed by atoms with Crippen molar-refractivity contribution in [1.82, 2.24) is 10.6 Å². The van der Waals surface area contributed by atoms with Gasteiger partial charge >= 0.3 is 6.09 Å². The molecule has 0 aliphatic heterocycles. The van der Waals surface area contributed by atoms with E-state index < -0.39 is 23.8 Å². The predicted octanol–water partition coefficient (Wildman–Crippen LogP) is 3.26. The fourth-order valence-corrected chi connectivity index (χ4v) is 3.15. The number of carbonyl (C=O) groups excluding carboxylic acids is 1. The van der Waals surface area contributed by atoms with Crippen LogP contribution in [0, 0.1) is 5.92 Å². The minimum atomic E-state index is -0.695. The highest BCUT2D eigenvalue weighted by molar-refractivity contribution is 5.68. The summed E-state index contributed by atoms with van der Waals surface area (Å²) in [6, 6.07) is 9.46. The second-order valence-corrected chi connectivity index (χ2v) is 8.70. The number of nitrogens with one attached hydrogen (secondary N) is 2. The van der Waals surface area contributed by atoms with Crippen molar-refractivity contribution < 1.29 is 14.6 Å². The summed E-state index contributed by atoms with van der Waals surface area (Å²) < 4.78 is 5.37. The van der Waals surface area contributed by atoms with Crippen LogP contribution in [0.3, 0.4) is 0 Å². The molecule has 3 N–H and O–H groups in total. The van der Waals surface area contributed by atoms with Gasteiger partial charge < -0.3 is 20.5 Å². The molecule has 1 aliphatic carbocycles. The monoisotopic (exact) mass is 362 g/mol. The Morgan fingerprint density at radius 1 is 1.23 bits per heavy atom. The minimum Gasteiger partial charge on any atom is -0.444 e. The van der Waals surface area contributed by atoms with Crippen molar-refractivity contribution in [3.05, 3.63) is 35.9 Å². The summed E-state index contributed by atoms with van der Waals surface area (Å²) in [6.45, 7) is 10.3. The van der Waals surface area contributed by atoms with Gasteiger partial charge in [0.1, 0.15) is 5.60 Å². The van der Waals surface area contributed by atoms with Crippen LogP contribution < -0.4 is 10.6 Å². The average molecular weight is 363 g/mol. The van der Waals surface area contributed by atoms with Gasteiger partial charge in [-0.15, -0.1) is 0 Å². The summed E-state index contributed by atoms with van der Waals surface area (Å²) in [5.41, 5.74) is 0.641. The van der Waals surface area contributed by atoms with Gasteiger partial charge in [-0.1, -0.05) is 44.2 Å². The van der Waals surface area contributed by atoms with Gasteiger partial charge in [0.05, 0.1) is 12.1 Å². The Morgan fingerprint density at radius 3 is 2.35 bits per heavy atom. The van der Waals surface area contributed by atoms with Gasteiger partial charge in [-0.05, 0) is 51.5 Å². The lowest BCUT2D eigenvalue weighted by Crippen LogP contribution is -2.52. The quantitative estimate of drug-likeness (QED) is 0.664. The maximum Gasteiger partial charge on any atom is 0.407 e. The average Bonchev–Trinajstić information content (AvgIpc) is 3.32. The first-order valence-electron chi connectivity index (χ1n) is 9.58. The Labute approximate surface area is 157 Å². The standard InChI is InChI=1S/C21H34N2O3/c1-15(2)21(11-12-21)22-14-18(24)17(13-16-9-7-6-8-10-16)23-19(25)26-20(3,4)5/h6-10,15,17-18,22,24H,11-14H2,1-5H3,(H,23,25)/t17-,18+/m0/s1. The van der Waals surface area contributed by atoms with Crippen LogP contribution in [-0.2, 0) is 11.2 Å². The highest BCUT2D eigenvalue weighted by Crippen LogP contribution is 2.41. The fourth-order valence-electron chi connectivity index (χ4n) is 3.15. The lowest BCUT2D eigenvalue weighted by molar-refractivity contribution is 0.0417. The molecule has 2 rings (SSSR count). The molecule has 0 spiro atoms. The van der Waals surface area contributed by atoms with Crippen LogP contribution >= 0.6 is 0 Å². The zero-order chi connectivity index (χ0) is 19.4. The van der Waals surface area contributed by atoms with E-state index in [4.69, 9.17) is 4.74 Å². The molecule has 1 amide bonds. The number of β-amino-alcohol motifs (C(OH)–C–C–N with tert-alkyl or cyclic N) is 1. The van der Waals surface area contributed by atoms with Crippen LogP contribution in [0.4, 0.5) is 4.79 Å². The second kappa shape index (κ2) is 8.40. The molecule has 5 heteroatoms. The molecule has 26 heavy (non-hydrogen) atoms. The van der Waals surface area contributed by atoms with Crippen molar-refractivity contribution in [2.24, 2.45) is 5.92 Å². The van der Waals surface area contributed by atoms with E-state index in [2.05, 4.69) is 24.5 Å². The van der Waals surface area contributed by atoms with E-state index in [1.165, 1.54) is 0 Å². The van der Waals surface area contributed by atoms with Crippen molar-refractivity contribution in [1.29, 1.82) is 0 Å². The Hall–Kier alpha value is -1.59. The van der Waals surface area contributed by atoms with Crippen LogP contribution in [0.25, 0.3) is 0 Å². The Kier molecular flexibility index (Phi) is 6.69. The number of aliphatic hydroxyl groups excluding tert-OH is 1. The maximum absolute atomic E-state index is 12.2. The second-order valence-electron chi connectivity index (χ2n) is 8.70. The van der Waals surface area contributed by atoms with E-state index >= 15 is 0 Å². The van der Waals surface area contributed by atoms with Crippen LogP contribution in [0.2, 0.25) is 0 Å². The fraction of sp³-hybridized carbons (Fsp3) is 0.667. The normalized spacial score (nSPS) is 18.3. The lowest BCUT2D eigenvalue weighted by atomic mass is 9.99. The summed E-state index contributed by atoms with van der Waals surface area (Å²) in [7, 11) is 0. The Bertz CT molecular complexity index is 577. The molecule has 146 valence electrons. The molecule has 0 unspecified atom stereocenters. The lowest BCUT2D eigenvalue weighted by Gasteiger charge is -2.29. The first-order valence-corrected chi connectivity index (χ1v) is 9.58. The molecule has 1 fully saturated rings. The number of rotatable bonds is 8. The molecular formula is C21H34N2O3. The predicted molar refractivity (Wildman–Crippen MR) is 104 cm³/mol. The molecule has 1 saturated carbocycles. The first-order chi connectivity index (χ1) is 12.1. The summed E-state index contributed by atoms with van der Waals surface area (Å²) >= 11 is 0. The Morgan fingerprint density at radius 2 is 1.85 bits per heavy atom. The third-order valence-corrected chi connectivity index (χ3v) is 5.02. The SMILES string of the molecule is CC(C)C1(NC[C@@H](O)[C@H](Cc2ccccc2)NC(=O)OC(C)(C)C)CC1. The minimum absolute atomic E-state index is 0.143. The summed E-state index contributed by atoms with van der Waals surface area (Å²) in [5.74, 6) is 0.529. The van der Waals surface area contributed by atoms with Crippen molar-refractivity contribution in [2.75, 3.05) is 6.54 Å². The van der Waals surface area contributed by atoms with Crippen molar-refractivity contribution in [3.63, 3.8) is 0 Å². The topological polar surface area (TPSA) is 70.6 Å². The summed E-state index contributed by atoms with van der Waals surface area (Å²) in [5, 5.41) is 17.1. The van der Waals surface area contributed by atoms with E-state index in [9.17, 15) is 9.90 Å². The van der Waals surface area contributed by atoms with E-state index in [1.54, 1.807) is 0 Å².